The van der Waals surface area contributed by atoms with Crippen LogP contribution >= 0.6 is 0 Å². The van der Waals surface area contributed by atoms with E-state index in [-0.39, 0.29) is 5.69 Å². The lowest BCUT2D eigenvalue weighted by Crippen LogP contribution is -2.32. The van der Waals surface area contributed by atoms with Crippen LogP contribution in [0.15, 0.2) is 12.1 Å². The minimum atomic E-state index is -0.423. The van der Waals surface area contributed by atoms with Gasteiger partial charge in [0.25, 0.3) is 0 Å². The van der Waals surface area contributed by atoms with Crippen LogP contribution in [0.5, 0.6) is 0 Å². The molecule has 1 aromatic rings. The van der Waals surface area contributed by atoms with Crippen molar-refractivity contribution in [3.63, 3.8) is 0 Å². The van der Waals surface area contributed by atoms with Gasteiger partial charge in [-0.15, -0.1) is 0 Å². The van der Waals surface area contributed by atoms with Gasteiger partial charge in [0.2, 0.25) is 5.82 Å². The minimum Gasteiger partial charge on any atom is -0.373 e. The molecular formula is C13H23N5O2. The first-order chi connectivity index (χ1) is 9.49. The van der Waals surface area contributed by atoms with E-state index in [1.807, 2.05) is 7.05 Å². The van der Waals surface area contributed by atoms with E-state index in [1.165, 1.54) is 6.07 Å². The van der Waals surface area contributed by atoms with Gasteiger partial charge in [-0.1, -0.05) is 6.92 Å². The lowest BCUT2D eigenvalue weighted by Gasteiger charge is -2.23. The van der Waals surface area contributed by atoms with E-state index in [0.29, 0.717) is 24.2 Å². The van der Waals surface area contributed by atoms with Gasteiger partial charge in [0.05, 0.1) is 4.92 Å². The van der Waals surface area contributed by atoms with Crippen LogP contribution in [0.1, 0.15) is 20.3 Å². The molecule has 0 fully saturated rings. The number of pyridine rings is 1. The molecule has 0 saturated heterocycles. The van der Waals surface area contributed by atoms with E-state index in [9.17, 15) is 10.1 Å². The molecule has 0 amide bonds. The van der Waals surface area contributed by atoms with E-state index >= 15 is 0 Å². The van der Waals surface area contributed by atoms with E-state index in [4.69, 9.17) is 0 Å². The van der Waals surface area contributed by atoms with Gasteiger partial charge in [-0.3, -0.25) is 10.1 Å². The fourth-order valence-corrected chi connectivity index (χ4v) is 1.75. The Morgan fingerprint density at radius 1 is 1.50 bits per heavy atom. The third-order valence-electron chi connectivity index (χ3n) is 3.43. The second kappa shape index (κ2) is 7.64. The fourth-order valence-electron chi connectivity index (χ4n) is 1.75. The highest BCUT2D eigenvalue weighted by Crippen LogP contribution is 2.23. The fraction of sp³-hybridized carbons (Fsp3) is 0.615. The van der Waals surface area contributed by atoms with Crippen molar-refractivity contribution in [1.29, 1.82) is 0 Å². The van der Waals surface area contributed by atoms with E-state index in [2.05, 4.69) is 34.4 Å². The second-order valence-corrected chi connectivity index (χ2v) is 4.74. The average molecular weight is 281 g/mol. The van der Waals surface area contributed by atoms with Crippen molar-refractivity contribution in [2.24, 2.45) is 0 Å². The van der Waals surface area contributed by atoms with Crippen molar-refractivity contribution < 1.29 is 4.92 Å². The summed E-state index contributed by atoms with van der Waals surface area (Å²) in [6.07, 6.45) is 1.07. The number of nitrogens with zero attached hydrogens (tertiary/aromatic N) is 3. The summed E-state index contributed by atoms with van der Waals surface area (Å²) in [5.41, 5.74) is -0.00445. The first-order valence-electron chi connectivity index (χ1n) is 6.76. The Balaban J connectivity index is 2.68. The summed E-state index contributed by atoms with van der Waals surface area (Å²) in [6, 6.07) is 3.54. The highest BCUT2D eigenvalue weighted by molar-refractivity contribution is 5.60. The third-order valence-corrected chi connectivity index (χ3v) is 3.43. The van der Waals surface area contributed by atoms with Gasteiger partial charge < -0.3 is 15.5 Å². The molecule has 1 heterocycles. The van der Waals surface area contributed by atoms with Gasteiger partial charge in [-0.05, 0) is 26.5 Å². The van der Waals surface area contributed by atoms with Crippen LogP contribution in [0.25, 0.3) is 0 Å². The molecule has 1 rings (SSSR count). The maximum atomic E-state index is 11.0. The molecule has 112 valence electrons. The maximum absolute atomic E-state index is 11.0. The molecule has 0 aromatic carbocycles. The Labute approximate surface area is 119 Å². The van der Waals surface area contributed by atoms with Crippen molar-refractivity contribution in [3.05, 3.63) is 22.2 Å². The molecule has 0 saturated carbocycles. The topological polar surface area (TPSA) is 83.3 Å². The Morgan fingerprint density at radius 2 is 2.20 bits per heavy atom. The first kappa shape index (κ1) is 16.2. The number of hydrogen-bond acceptors (Lipinski definition) is 6. The van der Waals surface area contributed by atoms with Gasteiger partial charge in [0.1, 0.15) is 5.82 Å². The zero-order valence-corrected chi connectivity index (χ0v) is 12.5. The molecule has 1 atom stereocenters. The molecule has 1 unspecified atom stereocenters. The summed E-state index contributed by atoms with van der Waals surface area (Å²) in [5.74, 6) is 0.910. The van der Waals surface area contributed by atoms with E-state index in [0.717, 1.165) is 13.0 Å². The summed E-state index contributed by atoms with van der Waals surface area (Å²) in [4.78, 5) is 16.9. The Kier molecular flexibility index (Phi) is 6.17. The quantitative estimate of drug-likeness (QED) is 0.561. The van der Waals surface area contributed by atoms with Crippen molar-refractivity contribution in [3.8, 4) is 0 Å². The third kappa shape index (κ3) is 4.34. The van der Waals surface area contributed by atoms with Crippen LogP contribution in [-0.4, -0.2) is 48.0 Å². The largest absolute Gasteiger partial charge is 0.373 e. The molecule has 20 heavy (non-hydrogen) atoms. The zero-order valence-electron chi connectivity index (χ0n) is 12.5. The summed E-state index contributed by atoms with van der Waals surface area (Å²) < 4.78 is 0. The molecule has 0 spiro atoms. The number of hydrogen-bond donors (Lipinski definition) is 2. The van der Waals surface area contributed by atoms with E-state index in [1.54, 1.807) is 13.1 Å². The summed E-state index contributed by atoms with van der Waals surface area (Å²) in [5, 5.41) is 16.9. The number of anilines is 2. The summed E-state index contributed by atoms with van der Waals surface area (Å²) >= 11 is 0. The smallest absolute Gasteiger partial charge is 0.311 e. The van der Waals surface area contributed by atoms with Crippen LogP contribution < -0.4 is 10.6 Å². The van der Waals surface area contributed by atoms with Crippen LogP contribution in [0.2, 0.25) is 0 Å². The van der Waals surface area contributed by atoms with Crippen molar-refractivity contribution in [1.82, 2.24) is 9.88 Å². The summed E-state index contributed by atoms with van der Waals surface area (Å²) in [6.45, 7) is 5.71. The molecule has 0 aliphatic heterocycles. The van der Waals surface area contributed by atoms with Crippen molar-refractivity contribution in [2.75, 3.05) is 37.8 Å². The number of likely N-dealkylation sites (N-methyl/N-ethyl adjacent to an activating group) is 1. The van der Waals surface area contributed by atoms with Crippen LogP contribution in [0.4, 0.5) is 17.3 Å². The Bertz CT molecular complexity index is 452. The summed E-state index contributed by atoms with van der Waals surface area (Å²) in [7, 11) is 3.77. The number of rotatable bonds is 8. The van der Waals surface area contributed by atoms with Crippen LogP contribution in [0.3, 0.4) is 0 Å². The minimum absolute atomic E-state index is 0.00445. The van der Waals surface area contributed by atoms with Gasteiger partial charge in [-0.2, -0.15) is 0 Å². The average Bonchev–Trinajstić information content (AvgIpc) is 2.45. The molecule has 0 radical (unpaired) electrons. The number of aromatic nitrogens is 1. The number of nitrogens with one attached hydrogen (secondary N) is 2. The predicted molar refractivity (Wildman–Crippen MR) is 81.3 cm³/mol. The lowest BCUT2D eigenvalue weighted by atomic mass is 10.2. The van der Waals surface area contributed by atoms with Gasteiger partial charge >= 0.3 is 5.69 Å². The maximum Gasteiger partial charge on any atom is 0.311 e. The van der Waals surface area contributed by atoms with E-state index < -0.39 is 4.92 Å². The van der Waals surface area contributed by atoms with Gasteiger partial charge in [0, 0.05) is 32.2 Å². The normalized spacial score (nSPS) is 12.2. The molecule has 1 aromatic heterocycles. The standard InChI is InChI=1S/C13H23N5O2/c1-5-10(2)17(4)9-8-15-13-11(18(19)20)6-7-12(14-3)16-13/h6-7,10H,5,8-9H2,1-4H3,(H2,14,15,16). The highest BCUT2D eigenvalue weighted by atomic mass is 16.6. The Hall–Kier alpha value is -1.89. The first-order valence-corrected chi connectivity index (χ1v) is 6.76. The molecule has 7 nitrogen and oxygen atoms in total. The van der Waals surface area contributed by atoms with Crippen LogP contribution in [0, 0.1) is 10.1 Å². The van der Waals surface area contributed by atoms with Crippen molar-refractivity contribution in [2.45, 2.75) is 26.3 Å². The molecule has 0 aliphatic carbocycles. The molecule has 7 heteroatoms. The molecule has 0 bridgehead atoms. The highest BCUT2D eigenvalue weighted by Gasteiger charge is 2.15. The zero-order chi connectivity index (χ0) is 15.1. The number of nitro groups is 1. The molecule has 0 aliphatic rings. The second-order valence-electron chi connectivity index (χ2n) is 4.74. The monoisotopic (exact) mass is 281 g/mol. The molecule has 2 N–H and O–H groups in total. The SMILES string of the molecule is CCC(C)N(C)CCNc1nc(NC)ccc1[N+](=O)[O-]. The van der Waals surface area contributed by atoms with Gasteiger partial charge in [0.15, 0.2) is 0 Å². The van der Waals surface area contributed by atoms with Crippen molar-refractivity contribution >= 4 is 17.3 Å². The predicted octanol–water partition coefficient (Wildman–Crippen LogP) is 2.17. The molecular weight excluding hydrogens is 258 g/mol. The van der Waals surface area contributed by atoms with Crippen LogP contribution in [-0.2, 0) is 0 Å². The lowest BCUT2D eigenvalue weighted by molar-refractivity contribution is -0.384. The van der Waals surface area contributed by atoms with Gasteiger partial charge in [-0.25, -0.2) is 4.98 Å². The Morgan fingerprint density at radius 3 is 2.75 bits per heavy atom.